The zero-order valence-corrected chi connectivity index (χ0v) is 19.6. The number of carbonyl (C=O) groups excluding carboxylic acids is 2. The molecule has 4 rings (SSSR count). The minimum atomic E-state index is -0.743. The minimum absolute atomic E-state index is 0.0539. The van der Waals surface area contributed by atoms with E-state index in [1.165, 1.54) is 44.2 Å². The molecule has 2 N–H and O–H groups in total. The lowest BCUT2D eigenvalue weighted by Crippen LogP contribution is -2.53. The van der Waals surface area contributed by atoms with Crippen molar-refractivity contribution < 1.29 is 19.2 Å². The number of nitrogens with zero attached hydrogens (tertiary/aromatic N) is 3. The molecule has 0 aromatic heterocycles. The van der Waals surface area contributed by atoms with Gasteiger partial charge in [-0.2, -0.15) is 0 Å². The van der Waals surface area contributed by atoms with E-state index in [1.807, 2.05) is 0 Å². The van der Waals surface area contributed by atoms with Gasteiger partial charge < -0.3 is 15.4 Å². The van der Waals surface area contributed by atoms with Crippen LogP contribution in [0.3, 0.4) is 0 Å². The number of amides is 2. The summed E-state index contributed by atoms with van der Waals surface area (Å²) in [6.45, 7) is 6.05. The SMILES string of the molecule is CCOC(=O)C1=C(CN2CCN(C3CCCCC3)CC2)NC(=O)NC1c1ccc([N+](=O)[O-])cc1. The molecule has 10 heteroatoms. The third-order valence-electron chi connectivity index (χ3n) is 6.97. The van der Waals surface area contributed by atoms with Gasteiger partial charge >= 0.3 is 12.0 Å². The number of hydrogen-bond donors (Lipinski definition) is 2. The van der Waals surface area contributed by atoms with Gasteiger partial charge in [-0.25, -0.2) is 9.59 Å². The molecule has 1 aromatic rings. The van der Waals surface area contributed by atoms with Gasteiger partial charge in [0.15, 0.2) is 0 Å². The molecule has 2 fully saturated rings. The normalized spacial score (nSPS) is 22.7. The molecule has 1 aromatic carbocycles. The number of nitro benzene ring substituents is 1. The van der Waals surface area contributed by atoms with Gasteiger partial charge in [0.05, 0.1) is 23.1 Å². The highest BCUT2D eigenvalue weighted by atomic mass is 16.6. The Morgan fingerprint density at radius 3 is 2.41 bits per heavy atom. The molecule has 1 saturated heterocycles. The summed E-state index contributed by atoms with van der Waals surface area (Å²) >= 11 is 0. The third kappa shape index (κ3) is 5.56. The maximum absolute atomic E-state index is 13.0. The Balaban J connectivity index is 1.53. The molecule has 2 heterocycles. The van der Waals surface area contributed by atoms with Crippen molar-refractivity contribution in [3.8, 4) is 0 Å². The monoisotopic (exact) mass is 471 g/mol. The van der Waals surface area contributed by atoms with Crippen LogP contribution in [0.2, 0.25) is 0 Å². The number of non-ortho nitro benzene ring substituents is 1. The summed E-state index contributed by atoms with van der Waals surface area (Å²) in [4.78, 5) is 40.9. The Bertz CT molecular complexity index is 934. The van der Waals surface area contributed by atoms with Crippen molar-refractivity contribution in [1.29, 1.82) is 0 Å². The Morgan fingerprint density at radius 2 is 1.79 bits per heavy atom. The van der Waals surface area contributed by atoms with E-state index in [1.54, 1.807) is 19.1 Å². The maximum atomic E-state index is 13.0. The summed E-state index contributed by atoms with van der Waals surface area (Å²) in [6.07, 6.45) is 6.51. The van der Waals surface area contributed by atoms with Crippen molar-refractivity contribution in [2.24, 2.45) is 0 Å². The van der Waals surface area contributed by atoms with Crippen LogP contribution in [-0.2, 0) is 9.53 Å². The molecular weight excluding hydrogens is 438 g/mol. The topological polar surface area (TPSA) is 117 Å². The van der Waals surface area contributed by atoms with Gasteiger partial charge in [0.2, 0.25) is 0 Å². The number of nitro groups is 1. The van der Waals surface area contributed by atoms with E-state index in [0.717, 1.165) is 26.2 Å². The Kier molecular flexibility index (Phi) is 7.79. The summed E-state index contributed by atoms with van der Waals surface area (Å²) in [5.41, 5.74) is 1.39. The first kappa shape index (κ1) is 24.2. The van der Waals surface area contributed by atoms with Crippen LogP contribution in [0.15, 0.2) is 35.5 Å². The maximum Gasteiger partial charge on any atom is 0.338 e. The summed E-state index contributed by atoms with van der Waals surface area (Å²) in [6, 6.07) is 5.39. The van der Waals surface area contributed by atoms with Crippen LogP contribution < -0.4 is 10.6 Å². The first-order valence-electron chi connectivity index (χ1n) is 12.1. The molecule has 1 atom stereocenters. The molecule has 1 unspecified atom stereocenters. The Hall–Kier alpha value is -2.98. The molecular formula is C24H33N5O5. The van der Waals surface area contributed by atoms with Crippen LogP contribution in [0.25, 0.3) is 0 Å². The molecule has 0 spiro atoms. The predicted molar refractivity (Wildman–Crippen MR) is 126 cm³/mol. The van der Waals surface area contributed by atoms with Crippen LogP contribution in [-0.4, -0.2) is 72.1 Å². The summed E-state index contributed by atoms with van der Waals surface area (Å²) in [5, 5.41) is 16.6. The van der Waals surface area contributed by atoms with Gasteiger partial charge in [0.1, 0.15) is 0 Å². The van der Waals surface area contributed by atoms with Crippen LogP contribution in [0.1, 0.15) is 50.6 Å². The first-order chi connectivity index (χ1) is 16.5. The number of benzene rings is 1. The molecule has 34 heavy (non-hydrogen) atoms. The van der Waals surface area contributed by atoms with Crippen molar-refractivity contribution in [3.63, 3.8) is 0 Å². The number of urea groups is 1. The Morgan fingerprint density at radius 1 is 1.12 bits per heavy atom. The zero-order chi connectivity index (χ0) is 24.1. The largest absolute Gasteiger partial charge is 0.463 e. The smallest absolute Gasteiger partial charge is 0.338 e. The Labute approximate surface area is 199 Å². The van der Waals surface area contributed by atoms with Crippen molar-refractivity contribution in [1.82, 2.24) is 20.4 Å². The van der Waals surface area contributed by atoms with Crippen LogP contribution in [0.5, 0.6) is 0 Å². The average Bonchev–Trinajstić information content (AvgIpc) is 2.85. The van der Waals surface area contributed by atoms with Crippen molar-refractivity contribution in [3.05, 3.63) is 51.2 Å². The molecule has 2 aliphatic heterocycles. The van der Waals surface area contributed by atoms with Crippen molar-refractivity contribution in [2.75, 3.05) is 39.3 Å². The van der Waals surface area contributed by atoms with E-state index >= 15 is 0 Å². The molecule has 0 radical (unpaired) electrons. The second-order valence-electron chi connectivity index (χ2n) is 9.10. The highest BCUT2D eigenvalue weighted by molar-refractivity contribution is 5.95. The standard InChI is InChI=1S/C24H33N5O5/c1-2-34-23(30)21-20(16-27-12-14-28(15-13-27)18-6-4-3-5-7-18)25-24(31)26-22(21)17-8-10-19(11-9-17)29(32)33/h8-11,18,22H,2-7,12-16H2,1H3,(H2,25,26,31). The fourth-order valence-corrected chi connectivity index (χ4v) is 5.19. The highest BCUT2D eigenvalue weighted by Gasteiger charge is 2.35. The van der Waals surface area contributed by atoms with Crippen molar-refractivity contribution in [2.45, 2.75) is 51.1 Å². The molecule has 184 valence electrons. The van der Waals surface area contributed by atoms with Crippen LogP contribution in [0.4, 0.5) is 10.5 Å². The lowest BCUT2D eigenvalue weighted by molar-refractivity contribution is -0.384. The number of piperazine rings is 1. The molecule has 3 aliphatic rings. The molecule has 2 amide bonds. The summed E-state index contributed by atoms with van der Waals surface area (Å²) in [5.74, 6) is -0.505. The number of hydrogen-bond acceptors (Lipinski definition) is 7. The van der Waals surface area contributed by atoms with E-state index in [-0.39, 0.29) is 12.3 Å². The first-order valence-corrected chi connectivity index (χ1v) is 12.1. The number of rotatable bonds is 7. The second kappa shape index (κ2) is 11.0. The van der Waals surface area contributed by atoms with E-state index in [4.69, 9.17) is 4.74 Å². The summed E-state index contributed by atoms with van der Waals surface area (Å²) < 4.78 is 5.32. The number of nitrogens with one attached hydrogen (secondary N) is 2. The zero-order valence-electron chi connectivity index (χ0n) is 19.6. The molecule has 0 bridgehead atoms. The number of ether oxygens (including phenoxy) is 1. The van der Waals surface area contributed by atoms with Gasteiger partial charge in [0.25, 0.3) is 5.69 Å². The fourth-order valence-electron chi connectivity index (χ4n) is 5.19. The molecule has 1 saturated carbocycles. The van der Waals surface area contributed by atoms with E-state index in [0.29, 0.717) is 29.4 Å². The van der Waals surface area contributed by atoms with Gasteiger partial charge in [-0.15, -0.1) is 0 Å². The van der Waals surface area contributed by atoms with E-state index in [9.17, 15) is 19.7 Å². The highest BCUT2D eigenvalue weighted by Crippen LogP contribution is 2.30. The van der Waals surface area contributed by atoms with Gasteiger partial charge in [-0.3, -0.25) is 19.9 Å². The van der Waals surface area contributed by atoms with Crippen LogP contribution in [0, 0.1) is 10.1 Å². The number of esters is 1. The summed E-state index contributed by atoms with van der Waals surface area (Å²) in [7, 11) is 0. The quantitative estimate of drug-likeness (QED) is 0.357. The van der Waals surface area contributed by atoms with Crippen molar-refractivity contribution >= 4 is 17.7 Å². The van der Waals surface area contributed by atoms with E-state index in [2.05, 4.69) is 20.4 Å². The second-order valence-corrected chi connectivity index (χ2v) is 9.10. The lowest BCUT2D eigenvalue weighted by Gasteiger charge is -2.41. The van der Waals surface area contributed by atoms with Gasteiger partial charge in [-0.1, -0.05) is 19.3 Å². The van der Waals surface area contributed by atoms with Crippen LogP contribution >= 0.6 is 0 Å². The fraction of sp³-hybridized carbons (Fsp3) is 0.583. The predicted octanol–water partition coefficient (Wildman–Crippen LogP) is 2.72. The van der Waals surface area contributed by atoms with Gasteiger partial charge in [-0.05, 0) is 37.5 Å². The minimum Gasteiger partial charge on any atom is -0.463 e. The molecule has 10 nitrogen and oxygen atoms in total. The third-order valence-corrected chi connectivity index (χ3v) is 6.97. The number of carbonyl (C=O) groups is 2. The lowest BCUT2D eigenvalue weighted by atomic mass is 9.93. The van der Waals surface area contributed by atoms with E-state index < -0.39 is 23.0 Å². The van der Waals surface area contributed by atoms with Gasteiger partial charge in [0, 0.05) is 56.6 Å². The molecule has 1 aliphatic carbocycles. The average molecular weight is 472 g/mol.